The molecule has 1 aromatic carbocycles. The molecule has 20 heavy (non-hydrogen) atoms. The summed E-state index contributed by atoms with van der Waals surface area (Å²) in [5.74, 6) is -0.465. The Hall–Kier alpha value is -1.13. The van der Waals surface area contributed by atoms with Gasteiger partial charge in [0.1, 0.15) is 5.82 Å². The van der Waals surface area contributed by atoms with E-state index < -0.39 is 17.8 Å². The molecular formula is C15H22ClFN2O. The third-order valence-corrected chi connectivity index (χ3v) is 3.40. The minimum atomic E-state index is -0.600. The van der Waals surface area contributed by atoms with Gasteiger partial charge in [0, 0.05) is 6.04 Å². The Morgan fingerprint density at radius 1 is 1.40 bits per heavy atom. The Kier molecular flexibility index (Phi) is 6.43. The topological polar surface area (TPSA) is 55.1 Å². The zero-order valence-electron chi connectivity index (χ0n) is 12.1. The van der Waals surface area contributed by atoms with Crippen molar-refractivity contribution in [3.8, 4) is 0 Å². The van der Waals surface area contributed by atoms with E-state index in [4.69, 9.17) is 17.3 Å². The molecule has 1 aromatic rings. The second-order valence-electron chi connectivity index (χ2n) is 5.57. The van der Waals surface area contributed by atoms with Gasteiger partial charge in [-0.3, -0.25) is 4.79 Å². The highest BCUT2D eigenvalue weighted by molar-refractivity contribution is 6.30. The highest BCUT2D eigenvalue weighted by Gasteiger charge is 2.20. The number of nitrogens with one attached hydrogen (secondary N) is 1. The molecule has 2 unspecified atom stereocenters. The number of halogens is 2. The fraction of sp³-hybridized carbons (Fsp3) is 0.533. The number of amides is 1. The molecule has 0 aliphatic rings. The smallest absolute Gasteiger partial charge is 0.234 e. The third kappa shape index (κ3) is 5.10. The van der Waals surface area contributed by atoms with Crippen molar-refractivity contribution >= 4 is 17.5 Å². The van der Waals surface area contributed by atoms with Gasteiger partial charge >= 0.3 is 0 Å². The third-order valence-electron chi connectivity index (χ3n) is 3.11. The van der Waals surface area contributed by atoms with Crippen molar-refractivity contribution in [2.24, 2.45) is 11.7 Å². The summed E-state index contributed by atoms with van der Waals surface area (Å²) in [5, 5.41) is 3.22. The molecular weight excluding hydrogens is 279 g/mol. The van der Waals surface area contributed by atoms with E-state index in [1.165, 1.54) is 6.07 Å². The number of benzene rings is 1. The van der Waals surface area contributed by atoms with Crippen LogP contribution in [-0.2, 0) is 11.2 Å². The SMILES string of the molecule is CC(C)CC(C)NC(Cc1cccc(Cl)c1F)C(N)=O. The van der Waals surface area contributed by atoms with Gasteiger partial charge in [-0.2, -0.15) is 0 Å². The minimum absolute atomic E-state index is 0.0564. The molecule has 0 heterocycles. The maximum atomic E-state index is 13.9. The summed E-state index contributed by atoms with van der Waals surface area (Å²) >= 11 is 5.74. The second kappa shape index (κ2) is 7.60. The molecule has 1 rings (SSSR count). The molecule has 0 aromatic heterocycles. The van der Waals surface area contributed by atoms with Crippen molar-refractivity contribution < 1.29 is 9.18 Å². The molecule has 0 spiro atoms. The van der Waals surface area contributed by atoms with E-state index >= 15 is 0 Å². The number of nitrogens with two attached hydrogens (primary N) is 1. The van der Waals surface area contributed by atoms with E-state index in [0.717, 1.165) is 6.42 Å². The Morgan fingerprint density at radius 3 is 2.60 bits per heavy atom. The lowest BCUT2D eigenvalue weighted by Gasteiger charge is -2.22. The lowest BCUT2D eigenvalue weighted by Crippen LogP contribution is -2.47. The molecule has 0 saturated carbocycles. The lowest BCUT2D eigenvalue weighted by atomic mass is 10.0. The van der Waals surface area contributed by atoms with Gasteiger partial charge < -0.3 is 11.1 Å². The lowest BCUT2D eigenvalue weighted by molar-refractivity contribution is -0.120. The van der Waals surface area contributed by atoms with E-state index in [-0.39, 0.29) is 17.5 Å². The van der Waals surface area contributed by atoms with Crippen LogP contribution in [0.4, 0.5) is 4.39 Å². The van der Waals surface area contributed by atoms with Gasteiger partial charge in [0.2, 0.25) is 5.91 Å². The number of carbonyl (C=O) groups is 1. The first kappa shape index (κ1) is 16.9. The average Bonchev–Trinajstić information content (AvgIpc) is 2.32. The first-order chi connectivity index (χ1) is 9.31. The van der Waals surface area contributed by atoms with Crippen molar-refractivity contribution in [1.29, 1.82) is 0 Å². The van der Waals surface area contributed by atoms with Crippen molar-refractivity contribution in [2.45, 2.75) is 45.7 Å². The van der Waals surface area contributed by atoms with Crippen LogP contribution in [0, 0.1) is 11.7 Å². The zero-order chi connectivity index (χ0) is 15.3. The van der Waals surface area contributed by atoms with E-state index in [1.54, 1.807) is 12.1 Å². The maximum Gasteiger partial charge on any atom is 0.234 e. The Morgan fingerprint density at radius 2 is 2.05 bits per heavy atom. The van der Waals surface area contributed by atoms with Crippen LogP contribution in [0.3, 0.4) is 0 Å². The summed E-state index contributed by atoms with van der Waals surface area (Å²) in [4.78, 5) is 11.5. The molecule has 1 amide bonds. The molecule has 0 radical (unpaired) electrons. The van der Waals surface area contributed by atoms with Crippen LogP contribution < -0.4 is 11.1 Å². The largest absolute Gasteiger partial charge is 0.368 e. The van der Waals surface area contributed by atoms with Gasteiger partial charge in [-0.25, -0.2) is 4.39 Å². The molecule has 0 aliphatic carbocycles. The van der Waals surface area contributed by atoms with Crippen LogP contribution in [0.15, 0.2) is 18.2 Å². The van der Waals surface area contributed by atoms with Crippen LogP contribution in [-0.4, -0.2) is 18.0 Å². The summed E-state index contributed by atoms with van der Waals surface area (Å²) < 4.78 is 13.9. The average molecular weight is 301 g/mol. The van der Waals surface area contributed by atoms with E-state index in [9.17, 15) is 9.18 Å². The second-order valence-corrected chi connectivity index (χ2v) is 5.98. The summed E-state index contributed by atoms with van der Waals surface area (Å²) in [5.41, 5.74) is 5.79. The minimum Gasteiger partial charge on any atom is -0.368 e. The van der Waals surface area contributed by atoms with Crippen LogP contribution in [0.25, 0.3) is 0 Å². The first-order valence-corrected chi connectivity index (χ1v) is 7.17. The number of rotatable bonds is 7. The molecule has 112 valence electrons. The van der Waals surface area contributed by atoms with Crippen molar-refractivity contribution in [3.05, 3.63) is 34.6 Å². The molecule has 2 atom stereocenters. The fourth-order valence-electron chi connectivity index (χ4n) is 2.29. The van der Waals surface area contributed by atoms with Crippen LogP contribution in [0.1, 0.15) is 32.8 Å². The van der Waals surface area contributed by atoms with Gasteiger partial charge in [-0.1, -0.05) is 37.6 Å². The zero-order valence-corrected chi connectivity index (χ0v) is 12.9. The molecule has 3 N–H and O–H groups in total. The summed E-state index contributed by atoms with van der Waals surface area (Å²) in [6, 6.07) is 4.29. The quantitative estimate of drug-likeness (QED) is 0.813. The highest BCUT2D eigenvalue weighted by atomic mass is 35.5. The number of hydrogen-bond acceptors (Lipinski definition) is 2. The molecule has 0 saturated heterocycles. The molecule has 5 heteroatoms. The monoisotopic (exact) mass is 300 g/mol. The number of hydrogen-bond donors (Lipinski definition) is 2. The van der Waals surface area contributed by atoms with Crippen molar-refractivity contribution in [3.63, 3.8) is 0 Å². The predicted octanol–water partition coefficient (Wildman–Crippen LogP) is 2.90. The maximum absolute atomic E-state index is 13.9. The number of primary amides is 1. The van der Waals surface area contributed by atoms with Gasteiger partial charge in [0.15, 0.2) is 0 Å². The standard InChI is InChI=1S/C15H22ClFN2O/c1-9(2)7-10(3)19-13(15(18)20)8-11-5-4-6-12(16)14(11)17/h4-6,9-10,13,19H,7-8H2,1-3H3,(H2,18,20). The van der Waals surface area contributed by atoms with Crippen LogP contribution in [0.5, 0.6) is 0 Å². The fourth-order valence-corrected chi connectivity index (χ4v) is 2.48. The Balaban J connectivity index is 2.77. The van der Waals surface area contributed by atoms with Crippen LogP contribution in [0.2, 0.25) is 5.02 Å². The van der Waals surface area contributed by atoms with Gasteiger partial charge in [0.25, 0.3) is 0 Å². The van der Waals surface area contributed by atoms with Gasteiger partial charge in [-0.15, -0.1) is 0 Å². The predicted molar refractivity (Wildman–Crippen MR) is 80.1 cm³/mol. The van der Waals surface area contributed by atoms with Gasteiger partial charge in [0.05, 0.1) is 11.1 Å². The number of carbonyl (C=O) groups excluding carboxylic acids is 1. The summed E-state index contributed by atoms with van der Waals surface area (Å²) in [6.45, 7) is 6.20. The molecule has 0 fully saturated rings. The Bertz CT molecular complexity index is 465. The summed E-state index contributed by atoms with van der Waals surface area (Å²) in [6.07, 6.45) is 1.12. The molecule has 0 aliphatic heterocycles. The van der Waals surface area contributed by atoms with E-state index in [1.807, 2.05) is 6.92 Å². The van der Waals surface area contributed by atoms with Crippen LogP contribution >= 0.6 is 11.6 Å². The first-order valence-electron chi connectivity index (χ1n) is 6.79. The van der Waals surface area contributed by atoms with Crippen molar-refractivity contribution in [2.75, 3.05) is 0 Å². The molecule has 3 nitrogen and oxygen atoms in total. The highest BCUT2D eigenvalue weighted by Crippen LogP contribution is 2.19. The van der Waals surface area contributed by atoms with Gasteiger partial charge in [-0.05, 0) is 37.3 Å². The van der Waals surface area contributed by atoms with E-state index in [2.05, 4.69) is 19.2 Å². The molecule has 0 bridgehead atoms. The van der Waals surface area contributed by atoms with E-state index in [0.29, 0.717) is 11.5 Å². The Labute approximate surface area is 124 Å². The normalized spacial score (nSPS) is 14.3. The van der Waals surface area contributed by atoms with Crippen molar-refractivity contribution in [1.82, 2.24) is 5.32 Å². The summed E-state index contributed by atoms with van der Waals surface area (Å²) in [7, 11) is 0.